The molecule has 1 aromatic rings. The van der Waals surface area contributed by atoms with Crippen LogP contribution in [0.15, 0.2) is 18.2 Å². The van der Waals surface area contributed by atoms with Gasteiger partial charge in [-0.3, -0.25) is 0 Å². The lowest BCUT2D eigenvalue weighted by molar-refractivity contribution is 0.0600. The fraction of sp³-hybridized carbons (Fsp3) is 0.300. The van der Waals surface area contributed by atoms with Crippen molar-refractivity contribution in [3.63, 3.8) is 0 Å². The van der Waals surface area contributed by atoms with Gasteiger partial charge in [-0.15, -0.1) is 0 Å². The smallest absolute Gasteiger partial charge is 0.337 e. The molecule has 0 aliphatic rings. The van der Waals surface area contributed by atoms with Gasteiger partial charge in [0.15, 0.2) is 0 Å². The zero-order valence-electron chi connectivity index (χ0n) is 8.04. The van der Waals surface area contributed by atoms with Gasteiger partial charge in [-0.25, -0.2) is 4.79 Å². The highest BCUT2D eigenvalue weighted by Gasteiger charge is 2.07. The summed E-state index contributed by atoms with van der Waals surface area (Å²) in [7, 11) is 3.02. The molecule has 0 aliphatic carbocycles. The van der Waals surface area contributed by atoms with Crippen molar-refractivity contribution in [1.82, 2.24) is 0 Å². The lowest BCUT2D eigenvalue weighted by Gasteiger charge is -2.05. The van der Waals surface area contributed by atoms with Gasteiger partial charge in [-0.1, -0.05) is 6.07 Å². The molecule has 0 spiro atoms. The number of rotatable bonds is 3. The number of carbonyl (C=O) groups is 1. The first-order chi connectivity index (χ1) is 6.69. The third-order valence-corrected chi connectivity index (χ3v) is 2.78. The third-order valence-electron chi connectivity index (χ3n) is 1.77. The molecule has 0 N–H and O–H groups in total. The second kappa shape index (κ2) is 5.31. The molecule has 4 heteroatoms. The minimum absolute atomic E-state index is 0.313. The van der Waals surface area contributed by atoms with E-state index in [4.69, 9.17) is 4.74 Å². The van der Waals surface area contributed by atoms with E-state index in [0.717, 1.165) is 9.13 Å². The normalized spacial score (nSPS) is 9.93. The Kier molecular flexibility index (Phi) is 4.34. The molecule has 0 saturated heterocycles. The van der Waals surface area contributed by atoms with Gasteiger partial charge in [0.2, 0.25) is 0 Å². The fourth-order valence-corrected chi connectivity index (χ4v) is 1.74. The van der Waals surface area contributed by atoms with Crippen molar-refractivity contribution in [3.05, 3.63) is 32.9 Å². The number of carbonyl (C=O) groups excluding carboxylic acids is 1. The van der Waals surface area contributed by atoms with Crippen LogP contribution in [0.2, 0.25) is 0 Å². The van der Waals surface area contributed by atoms with E-state index in [9.17, 15) is 4.79 Å². The molecule has 0 amide bonds. The predicted molar refractivity (Wildman–Crippen MR) is 61.2 cm³/mol. The third kappa shape index (κ3) is 2.68. The van der Waals surface area contributed by atoms with Gasteiger partial charge in [0.05, 0.1) is 19.3 Å². The Labute approximate surface area is 96.5 Å². The first-order valence-corrected chi connectivity index (χ1v) is 5.12. The average molecular weight is 306 g/mol. The molecule has 0 bridgehead atoms. The van der Waals surface area contributed by atoms with Crippen molar-refractivity contribution >= 4 is 28.6 Å². The molecular weight excluding hydrogens is 295 g/mol. The minimum Gasteiger partial charge on any atom is -0.465 e. The maximum Gasteiger partial charge on any atom is 0.337 e. The molecule has 0 heterocycles. The summed E-state index contributed by atoms with van der Waals surface area (Å²) in [5, 5.41) is 0. The molecule has 1 rings (SSSR count). The summed E-state index contributed by atoms with van der Waals surface area (Å²) in [4.78, 5) is 11.2. The molecular formula is C10H11IO3. The van der Waals surface area contributed by atoms with Crippen LogP contribution in [-0.4, -0.2) is 20.2 Å². The Morgan fingerprint density at radius 3 is 2.64 bits per heavy atom. The lowest BCUT2D eigenvalue weighted by atomic mass is 10.1. The van der Waals surface area contributed by atoms with E-state index in [1.165, 1.54) is 7.11 Å². The largest absolute Gasteiger partial charge is 0.465 e. The summed E-state index contributed by atoms with van der Waals surface area (Å²) in [5.74, 6) is -0.313. The van der Waals surface area contributed by atoms with E-state index in [1.807, 2.05) is 6.07 Å². The summed E-state index contributed by atoms with van der Waals surface area (Å²) >= 11 is 2.17. The Morgan fingerprint density at radius 2 is 2.14 bits per heavy atom. The van der Waals surface area contributed by atoms with Crippen molar-refractivity contribution < 1.29 is 14.3 Å². The number of benzene rings is 1. The SMILES string of the molecule is COCc1ccc(C(=O)OC)cc1I. The number of methoxy groups -OCH3 is 2. The highest BCUT2D eigenvalue weighted by molar-refractivity contribution is 14.1. The quantitative estimate of drug-likeness (QED) is 0.634. The van der Waals surface area contributed by atoms with Crippen LogP contribution in [0.1, 0.15) is 15.9 Å². The van der Waals surface area contributed by atoms with E-state index in [-0.39, 0.29) is 5.97 Å². The summed E-state index contributed by atoms with van der Waals surface area (Å²) in [6.45, 7) is 0.555. The molecule has 14 heavy (non-hydrogen) atoms. The van der Waals surface area contributed by atoms with Gasteiger partial charge < -0.3 is 9.47 Å². The first-order valence-electron chi connectivity index (χ1n) is 4.04. The van der Waals surface area contributed by atoms with E-state index >= 15 is 0 Å². The summed E-state index contributed by atoms with van der Waals surface area (Å²) in [6, 6.07) is 5.40. The zero-order valence-corrected chi connectivity index (χ0v) is 10.2. The zero-order chi connectivity index (χ0) is 10.6. The maximum absolute atomic E-state index is 11.2. The molecule has 0 atom stereocenters. The van der Waals surface area contributed by atoms with Crippen LogP contribution in [0.3, 0.4) is 0 Å². The van der Waals surface area contributed by atoms with Crippen molar-refractivity contribution in [2.24, 2.45) is 0 Å². The first kappa shape index (κ1) is 11.5. The molecule has 76 valence electrons. The molecule has 0 fully saturated rings. The molecule has 0 saturated carbocycles. The molecule has 0 radical (unpaired) electrons. The Bertz CT molecular complexity index is 336. The second-order valence-electron chi connectivity index (χ2n) is 2.73. The van der Waals surface area contributed by atoms with E-state index in [2.05, 4.69) is 27.3 Å². The Hall–Kier alpha value is -0.620. The summed E-state index contributed by atoms with van der Waals surface area (Å²) in [6.07, 6.45) is 0. The predicted octanol–water partition coefficient (Wildman–Crippen LogP) is 2.22. The van der Waals surface area contributed by atoms with Gasteiger partial charge in [-0.05, 0) is 40.3 Å². The van der Waals surface area contributed by atoms with E-state index in [1.54, 1.807) is 19.2 Å². The van der Waals surface area contributed by atoms with Crippen LogP contribution in [0.4, 0.5) is 0 Å². The highest BCUT2D eigenvalue weighted by atomic mass is 127. The molecule has 3 nitrogen and oxygen atoms in total. The van der Waals surface area contributed by atoms with Crippen LogP contribution < -0.4 is 0 Å². The van der Waals surface area contributed by atoms with Gasteiger partial charge in [0.1, 0.15) is 0 Å². The number of ether oxygens (including phenoxy) is 2. The molecule has 0 aromatic heterocycles. The minimum atomic E-state index is -0.313. The molecule has 0 unspecified atom stereocenters. The number of esters is 1. The lowest BCUT2D eigenvalue weighted by Crippen LogP contribution is -2.02. The Morgan fingerprint density at radius 1 is 1.43 bits per heavy atom. The Balaban J connectivity index is 2.94. The van der Waals surface area contributed by atoms with Crippen LogP contribution in [0.5, 0.6) is 0 Å². The molecule has 0 aliphatic heterocycles. The van der Waals surface area contributed by atoms with Gasteiger partial charge in [0, 0.05) is 10.7 Å². The van der Waals surface area contributed by atoms with Crippen LogP contribution in [-0.2, 0) is 16.1 Å². The number of hydrogen-bond donors (Lipinski definition) is 0. The average Bonchev–Trinajstić information content (AvgIpc) is 2.20. The maximum atomic E-state index is 11.2. The van der Waals surface area contributed by atoms with E-state index in [0.29, 0.717) is 12.2 Å². The standard InChI is InChI=1S/C10H11IO3/c1-13-6-8-4-3-7(5-9(8)11)10(12)14-2/h3-5H,6H2,1-2H3. The van der Waals surface area contributed by atoms with Gasteiger partial charge in [-0.2, -0.15) is 0 Å². The molecule has 1 aromatic carbocycles. The highest BCUT2D eigenvalue weighted by Crippen LogP contribution is 2.15. The number of hydrogen-bond acceptors (Lipinski definition) is 3. The van der Waals surface area contributed by atoms with Crippen molar-refractivity contribution in [1.29, 1.82) is 0 Å². The second-order valence-corrected chi connectivity index (χ2v) is 3.89. The van der Waals surface area contributed by atoms with Crippen molar-refractivity contribution in [2.75, 3.05) is 14.2 Å². The van der Waals surface area contributed by atoms with Crippen LogP contribution in [0.25, 0.3) is 0 Å². The fourth-order valence-electron chi connectivity index (χ4n) is 1.06. The number of halogens is 1. The van der Waals surface area contributed by atoms with Crippen LogP contribution >= 0.6 is 22.6 Å². The summed E-state index contributed by atoms with van der Waals surface area (Å²) in [5.41, 5.74) is 1.64. The monoisotopic (exact) mass is 306 g/mol. The topological polar surface area (TPSA) is 35.5 Å². The van der Waals surface area contributed by atoms with Crippen LogP contribution in [0, 0.1) is 3.57 Å². The van der Waals surface area contributed by atoms with Crippen molar-refractivity contribution in [3.8, 4) is 0 Å². The van der Waals surface area contributed by atoms with E-state index < -0.39 is 0 Å². The summed E-state index contributed by atoms with van der Waals surface area (Å²) < 4.78 is 10.6. The van der Waals surface area contributed by atoms with Crippen molar-refractivity contribution in [2.45, 2.75) is 6.61 Å². The van der Waals surface area contributed by atoms with Gasteiger partial charge >= 0.3 is 5.97 Å². The van der Waals surface area contributed by atoms with Gasteiger partial charge in [0.25, 0.3) is 0 Å².